The molecule has 0 amide bonds. The molecule has 0 saturated carbocycles. The van der Waals surface area contributed by atoms with Gasteiger partial charge in [0.15, 0.2) is 0 Å². The summed E-state index contributed by atoms with van der Waals surface area (Å²) in [5.41, 5.74) is 5.20. The van der Waals surface area contributed by atoms with Crippen LogP contribution in [0.25, 0.3) is 5.69 Å². The number of aliphatic hydroxyl groups excluding tert-OH is 1. The first-order valence-corrected chi connectivity index (χ1v) is 8.00. The Morgan fingerprint density at radius 1 is 1.16 bits per heavy atom. The van der Waals surface area contributed by atoms with Crippen LogP contribution < -0.4 is 0 Å². The van der Waals surface area contributed by atoms with E-state index in [-0.39, 0.29) is 5.56 Å². The van der Waals surface area contributed by atoms with Gasteiger partial charge in [-0.05, 0) is 66.8 Å². The van der Waals surface area contributed by atoms with Crippen molar-refractivity contribution in [1.29, 1.82) is 0 Å². The second-order valence-corrected chi connectivity index (χ2v) is 6.19. The van der Waals surface area contributed by atoms with Gasteiger partial charge in [0.25, 0.3) is 0 Å². The highest BCUT2D eigenvalue weighted by Crippen LogP contribution is 2.32. The summed E-state index contributed by atoms with van der Waals surface area (Å²) in [5.74, 6) is -0.967. The summed E-state index contributed by atoms with van der Waals surface area (Å²) >= 11 is 0. The zero-order valence-corrected chi connectivity index (χ0v) is 14.4. The minimum absolute atomic E-state index is 0.231. The van der Waals surface area contributed by atoms with E-state index in [4.69, 9.17) is 0 Å². The molecule has 0 aliphatic carbocycles. The number of carboxylic acid groups (broad SMARTS) is 1. The Kier molecular flexibility index (Phi) is 4.42. The van der Waals surface area contributed by atoms with Crippen molar-refractivity contribution in [1.82, 2.24) is 9.55 Å². The Morgan fingerprint density at radius 3 is 2.40 bits per heavy atom. The van der Waals surface area contributed by atoms with Gasteiger partial charge < -0.3 is 14.8 Å². The first kappa shape index (κ1) is 16.9. The SMILES string of the molecule is Cc1cc(C(=O)O)cc(C)c1C(O)c1cccc(-n2ccnc2)c1C. The molecule has 0 fully saturated rings. The minimum Gasteiger partial charge on any atom is -0.478 e. The van der Waals surface area contributed by atoms with Crippen molar-refractivity contribution < 1.29 is 15.0 Å². The molecule has 128 valence electrons. The lowest BCUT2D eigenvalue weighted by atomic mass is 9.89. The maximum Gasteiger partial charge on any atom is 0.335 e. The molecule has 1 heterocycles. The second-order valence-electron chi connectivity index (χ2n) is 6.19. The fourth-order valence-corrected chi connectivity index (χ4v) is 3.30. The molecule has 5 heteroatoms. The number of hydrogen-bond acceptors (Lipinski definition) is 3. The van der Waals surface area contributed by atoms with Crippen molar-refractivity contribution in [2.45, 2.75) is 26.9 Å². The van der Waals surface area contributed by atoms with Gasteiger partial charge in [-0.3, -0.25) is 0 Å². The Labute approximate surface area is 146 Å². The molecular formula is C20H20N2O3. The molecule has 0 spiro atoms. The van der Waals surface area contributed by atoms with Crippen LogP contribution in [-0.4, -0.2) is 25.7 Å². The molecular weight excluding hydrogens is 316 g/mol. The molecule has 1 atom stereocenters. The molecule has 0 bridgehead atoms. The Balaban J connectivity index is 2.09. The normalized spacial score (nSPS) is 12.2. The summed E-state index contributed by atoms with van der Waals surface area (Å²) in [4.78, 5) is 15.3. The largest absolute Gasteiger partial charge is 0.478 e. The van der Waals surface area contributed by atoms with E-state index in [1.165, 1.54) is 0 Å². The van der Waals surface area contributed by atoms with E-state index in [9.17, 15) is 15.0 Å². The zero-order chi connectivity index (χ0) is 18.1. The van der Waals surface area contributed by atoms with Crippen LogP contribution in [0.15, 0.2) is 49.1 Å². The fourth-order valence-electron chi connectivity index (χ4n) is 3.30. The van der Waals surface area contributed by atoms with Gasteiger partial charge in [-0.2, -0.15) is 0 Å². The summed E-state index contributed by atoms with van der Waals surface area (Å²) in [7, 11) is 0. The van der Waals surface area contributed by atoms with Crippen LogP contribution in [0.5, 0.6) is 0 Å². The van der Waals surface area contributed by atoms with Crippen LogP contribution in [-0.2, 0) is 0 Å². The van der Waals surface area contributed by atoms with E-state index in [1.54, 1.807) is 24.7 Å². The van der Waals surface area contributed by atoms with E-state index in [0.29, 0.717) is 0 Å². The number of aromatic nitrogens is 2. The van der Waals surface area contributed by atoms with Gasteiger partial charge in [-0.25, -0.2) is 9.78 Å². The summed E-state index contributed by atoms with van der Waals surface area (Å²) < 4.78 is 1.90. The third kappa shape index (κ3) is 3.06. The van der Waals surface area contributed by atoms with Crippen LogP contribution in [0.1, 0.15) is 44.3 Å². The van der Waals surface area contributed by atoms with Gasteiger partial charge in [0.2, 0.25) is 0 Å². The molecule has 3 rings (SSSR count). The third-order valence-electron chi connectivity index (χ3n) is 4.54. The smallest absolute Gasteiger partial charge is 0.335 e. The van der Waals surface area contributed by atoms with Gasteiger partial charge in [-0.15, -0.1) is 0 Å². The molecule has 25 heavy (non-hydrogen) atoms. The molecule has 0 aliphatic heterocycles. The van der Waals surface area contributed by atoms with Gasteiger partial charge in [-0.1, -0.05) is 12.1 Å². The van der Waals surface area contributed by atoms with E-state index < -0.39 is 12.1 Å². The van der Waals surface area contributed by atoms with E-state index in [0.717, 1.165) is 33.5 Å². The first-order valence-electron chi connectivity index (χ1n) is 8.00. The highest BCUT2D eigenvalue weighted by Gasteiger charge is 2.20. The van der Waals surface area contributed by atoms with Crippen LogP contribution in [0.4, 0.5) is 0 Å². The van der Waals surface area contributed by atoms with Crippen LogP contribution in [0.2, 0.25) is 0 Å². The van der Waals surface area contributed by atoms with Crippen LogP contribution in [0, 0.1) is 20.8 Å². The second kappa shape index (κ2) is 6.53. The predicted molar refractivity (Wildman–Crippen MR) is 95.2 cm³/mol. The van der Waals surface area contributed by atoms with E-state index in [1.807, 2.05) is 49.7 Å². The number of rotatable bonds is 4. The van der Waals surface area contributed by atoms with Gasteiger partial charge in [0.05, 0.1) is 11.9 Å². The molecule has 5 nitrogen and oxygen atoms in total. The summed E-state index contributed by atoms with van der Waals surface area (Å²) in [6, 6.07) is 8.97. The molecule has 2 N–H and O–H groups in total. The molecule has 1 aromatic heterocycles. The lowest BCUT2D eigenvalue weighted by Crippen LogP contribution is -2.10. The fraction of sp³-hybridized carbons (Fsp3) is 0.200. The Hall–Kier alpha value is -2.92. The number of aromatic carboxylic acids is 1. The molecule has 0 aliphatic rings. The summed E-state index contributed by atoms with van der Waals surface area (Å²) in [6.07, 6.45) is 4.46. The highest BCUT2D eigenvalue weighted by atomic mass is 16.4. The number of carboxylic acids is 1. The van der Waals surface area contributed by atoms with Crippen molar-refractivity contribution in [3.63, 3.8) is 0 Å². The standard InChI is InChI=1S/C20H20N2O3/c1-12-9-15(20(24)25)10-13(2)18(12)19(23)16-5-4-6-17(14(16)3)22-8-7-21-11-22/h4-11,19,23H,1-3H3,(H,24,25). The molecule has 0 saturated heterocycles. The molecule has 0 radical (unpaired) electrons. The van der Waals surface area contributed by atoms with Crippen molar-refractivity contribution in [3.05, 3.63) is 82.4 Å². The number of nitrogens with zero attached hydrogens (tertiary/aromatic N) is 2. The summed E-state index contributed by atoms with van der Waals surface area (Å²) in [6.45, 7) is 5.62. The number of carbonyl (C=O) groups is 1. The summed E-state index contributed by atoms with van der Waals surface area (Å²) in [5, 5.41) is 20.2. The minimum atomic E-state index is -0.967. The van der Waals surface area contributed by atoms with Gasteiger partial charge >= 0.3 is 5.97 Å². The van der Waals surface area contributed by atoms with Crippen LogP contribution in [0.3, 0.4) is 0 Å². The number of aliphatic hydroxyl groups is 1. The molecule has 2 aromatic carbocycles. The predicted octanol–water partition coefficient (Wildman–Crippen LogP) is 3.58. The first-order chi connectivity index (χ1) is 11.9. The van der Waals surface area contributed by atoms with Crippen molar-refractivity contribution in [2.75, 3.05) is 0 Å². The Morgan fingerprint density at radius 2 is 1.84 bits per heavy atom. The average Bonchev–Trinajstić information content (AvgIpc) is 3.08. The maximum atomic E-state index is 11.2. The van der Waals surface area contributed by atoms with Crippen LogP contribution >= 0.6 is 0 Å². The quantitative estimate of drug-likeness (QED) is 0.763. The van der Waals surface area contributed by atoms with Gasteiger partial charge in [0.1, 0.15) is 6.10 Å². The number of hydrogen-bond donors (Lipinski definition) is 2. The third-order valence-corrected chi connectivity index (χ3v) is 4.54. The Bertz CT molecular complexity index is 907. The van der Waals surface area contributed by atoms with E-state index in [2.05, 4.69) is 4.98 Å². The van der Waals surface area contributed by atoms with Crippen molar-refractivity contribution in [2.24, 2.45) is 0 Å². The highest BCUT2D eigenvalue weighted by molar-refractivity contribution is 5.88. The molecule has 1 unspecified atom stereocenters. The zero-order valence-electron chi connectivity index (χ0n) is 14.4. The van der Waals surface area contributed by atoms with E-state index >= 15 is 0 Å². The lowest BCUT2D eigenvalue weighted by Gasteiger charge is -2.21. The lowest BCUT2D eigenvalue weighted by molar-refractivity contribution is 0.0696. The van der Waals surface area contributed by atoms with Crippen molar-refractivity contribution in [3.8, 4) is 5.69 Å². The van der Waals surface area contributed by atoms with Gasteiger partial charge in [0, 0.05) is 18.1 Å². The topological polar surface area (TPSA) is 75.3 Å². The molecule has 3 aromatic rings. The number of aryl methyl sites for hydroxylation is 2. The number of imidazole rings is 1. The number of benzene rings is 2. The van der Waals surface area contributed by atoms with Crippen molar-refractivity contribution >= 4 is 5.97 Å². The monoisotopic (exact) mass is 336 g/mol. The maximum absolute atomic E-state index is 11.2. The average molecular weight is 336 g/mol.